The molecule has 88 valence electrons. The van der Waals surface area contributed by atoms with Crippen LogP contribution in [-0.2, 0) is 12.8 Å². The van der Waals surface area contributed by atoms with Gasteiger partial charge in [-0.25, -0.2) is 0 Å². The van der Waals surface area contributed by atoms with Crippen LogP contribution in [0.15, 0.2) is 47.4 Å². The monoisotopic (exact) mass is 229 g/mol. The third-order valence-corrected chi connectivity index (χ3v) is 2.69. The summed E-state index contributed by atoms with van der Waals surface area (Å²) in [6.07, 6.45) is 3.61. The van der Waals surface area contributed by atoms with Crippen LogP contribution in [0.4, 0.5) is 0 Å². The van der Waals surface area contributed by atoms with Crippen LogP contribution in [0.1, 0.15) is 11.1 Å². The molecule has 0 aliphatic heterocycles. The summed E-state index contributed by atoms with van der Waals surface area (Å²) < 4.78 is 5.18. The second-order valence-corrected chi connectivity index (χ2v) is 3.91. The molecule has 1 heterocycles. The van der Waals surface area contributed by atoms with Gasteiger partial charge < -0.3 is 9.72 Å². The van der Waals surface area contributed by atoms with Crippen molar-refractivity contribution in [3.8, 4) is 5.75 Å². The Balaban J connectivity index is 2.01. The van der Waals surface area contributed by atoms with Gasteiger partial charge in [-0.15, -0.1) is 0 Å². The van der Waals surface area contributed by atoms with E-state index < -0.39 is 0 Å². The second-order valence-electron chi connectivity index (χ2n) is 3.91. The predicted molar refractivity (Wildman–Crippen MR) is 67.5 cm³/mol. The van der Waals surface area contributed by atoms with Crippen molar-refractivity contribution in [2.24, 2.45) is 0 Å². The van der Waals surface area contributed by atoms with E-state index in [2.05, 4.69) is 11.1 Å². The molecule has 3 nitrogen and oxygen atoms in total. The van der Waals surface area contributed by atoms with Crippen LogP contribution >= 0.6 is 0 Å². The highest BCUT2D eigenvalue weighted by molar-refractivity contribution is 5.29. The summed E-state index contributed by atoms with van der Waals surface area (Å²) in [5, 5.41) is 0. The van der Waals surface area contributed by atoms with Crippen molar-refractivity contribution in [1.29, 1.82) is 0 Å². The second kappa shape index (κ2) is 5.34. The maximum Gasteiger partial charge on any atom is 0.247 e. The average Bonchev–Trinajstić information content (AvgIpc) is 2.38. The van der Waals surface area contributed by atoms with Gasteiger partial charge in [-0.05, 0) is 36.1 Å². The van der Waals surface area contributed by atoms with E-state index in [1.54, 1.807) is 19.4 Å². The van der Waals surface area contributed by atoms with Crippen molar-refractivity contribution >= 4 is 0 Å². The molecular formula is C14H15NO2. The SMILES string of the molecule is COc1cccc(CCc2ccc(=O)[nH]c2)c1. The lowest BCUT2D eigenvalue weighted by atomic mass is 10.1. The molecule has 17 heavy (non-hydrogen) atoms. The summed E-state index contributed by atoms with van der Waals surface area (Å²) in [5.74, 6) is 0.879. The molecule has 0 amide bonds. The lowest BCUT2D eigenvalue weighted by molar-refractivity contribution is 0.414. The molecule has 0 aliphatic rings. The number of nitrogens with one attached hydrogen (secondary N) is 1. The molecule has 1 aromatic heterocycles. The number of hydrogen-bond acceptors (Lipinski definition) is 2. The standard InChI is InChI=1S/C14H15NO2/c1-17-13-4-2-3-11(9-13)5-6-12-7-8-14(16)15-10-12/h2-4,7-10H,5-6H2,1H3,(H,15,16). The molecule has 0 fully saturated rings. The van der Waals surface area contributed by atoms with Crippen molar-refractivity contribution in [2.45, 2.75) is 12.8 Å². The molecular weight excluding hydrogens is 214 g/mol. The maximum atomic E-state index is 10.9. The summed E-state index contributed by atoms with van der Waals surface area (Å²) >= 11 is 0. The smallest absolute Gasteiger partial charge is 0.247 e. The number of ether oxygens (including phenoxy) is 1. The number of methoxy groups -OCH3 is 1. The van der Waals surface area contributed by atoms with Gasteiger partial charge >= 0.3 is 0 Å². The molecule has 0 unspecified atom stereocenters. The Morgan fingerprint density at radius 2 is 1.94 bits per heavy atom. The number of rotatable bonds is 4. The highest BCUT2D eigenvalue weighted by Crippen LogP contribution is 2.14. The van der Waals surface area contributed by atoms with E-state index >= 15 is 0 Å². The summed E-state index contributed by atoms with van der Waals surface area (Å²) in [4.78, 5) is 13.6. The fourth-order valence-electron chi connectivity index (χ4n) is 1.71. The van der Waals surface area contributed by atoms with Gasteiger partial charge in [0.15, 0.2) is 0 Å². The highest BCUT2D eigenvalue weighted by Gasteiger charge is 1.98. The highest BCUT2D eigenvalue weighted by atomic mass is 16.5. The van der Waals surface area contributed by atoms with E-state index in [1.807, 2.05) is 24.3 Å². The Morgan fingerprint density at radius 3 is 2.65 bits per heavy atom. The van der Waals surface area contributed by atoms with Crippen molar-refractivity contribution in [1.82, 2.24) is 4.98 Å². The summed E-state index contributed by atoms with van der Waals surface area (Å²) in [7, 11) is 1.67. The van der Waals surface area contributed by atoms with Crippen LogP contribution in [0.5, 0.6) is 5.75 Å². The van der Waals surface area contributed by atoms with Gasteiger partial charge in [0.2, 0.25) is 5.56 Å². The molecule has 0 radical (unpaired) electrons. The molecule has 3 heteroatoms. The number of pyridine rings is 1. The van der Waals surface area contributed by atoms with Gasteiger partial charge in [-0.2, -0.15) is 0 Å². The van der Waals surface area contributed by atoms with Crippen molar-refractivity contribution in [3.05, 3.63) is 64.1 Å². The number of benzene rings is 1. The van der Waals surface area contributed by atoms with Crippen molar-refractivity contribution < 1.29 is 4.74 Å². The first kappa shape index (κ1) is 11.5. The minimum atomic E-state index is -0.0601. The maximum absolute atomic E-state index is 10.9. The van der Waals surface area contributed by atoms with E-state index in [9.17, 15) is 4.79 Å². The number of H-pyrrole nitrogens is 1. The molecule has 0 saturated carbocycles. The van der Waals surface area contributed by atoms with Gasteiger partial charge in [-0.1, -0.05) is 18.2 Å². The quantitative estimate of drug-likeness (QED) is 0.873. The minimum absolute atomic E-state index is 0.0601. The fraction of sp³-hybridized carbons (Fsp3) is 0.214. The lowest BCUT2D eigenvalue weighted by Gasteiger charge is -2.04. The largest absolute Gasteiger partial charge is 0.497 e. The Bertz CT molecular complexity index is 525. The van der Waals surface area contributed by atoms with Crippen LogP contribution in [0.3, 0.4) is 0 Å². The minimum Gasteiger partial charge on any atom is -0.497 e. The average molecular weight is 229 g/mol. The third-order valence-electron chi connectivity index (χ3n) is 2.69. The van der Waals surface area contributed by atoms with Gasteiger partial charge in [0.05, 0.1) is 7.11 Å². The Morgan fingerprint density at radius 1 is 1.12 bits per heavy atom. The fourth-order valence-corrected chi connectivity index (χ4v) is 1.71. The molecule has 1 aromatic carbocycles. The number of hydrogen-bond donors (Lipinski definition) is 1. The van der Waals surface area contributed by atoms with Crippen molar-refractivity contribution in [2.75, 3.05) is 7.11 Å². The first-order valence-electron chi connectivity index (χ1n) is 5.58. The molecule has 2 aromatic rings. The number of aryl methyl sites for hydroxylation is 2. The van der Waals surface area contributed by atoms with Crippen LogP contribution < -0.4 is 10.3 Å². The predicted octanol–water partition coefficient (Wildman–Crippen LogP) is 2.17. The third kappa shape index (κ3) is 3.21. The van der Waals surface area contributed by atoms with Gasteiger partial charge in [0.25, 0.3) is 0 Å². The van der Waals surface area contributed by atoms with E-state index in [0.29, 0.717) is 0 Å². The molecule has 0 bridgehead atoms. The Hall–Kier alpha value is -2.03. The van der Waals surface area contributed by atoms with Gasteiger partial charge in [-0.3, -0.25) is 4.79 Å². The van der Waals surface area contributed by atoms with Crippen LogP contribution in [-0.4, -0.2) is 12.1 Å². The Labute approximate surface area is 100 Å². The summed E-state index contributed by atoms with van der Waals surface area (Å²) in [6.45, 7) is 0. The van der Waals surface area contributed by atoms with E-state index in [0.717, 1.165) is 24.2 Å². The molecule has 2 rings (SSSR count). The zero-order valence-electron chi connectivity index (χ0n) is 9.77. The number of aromatic amines is 1. The topological polar surface area (TPSA) is 42.1 Å². The Kier molecular flexibility index (Phi) is 3.60. The van der Waals surface area contributed by atoms with Crippen LogP contribution in [0.2, 0.25) is 0 Å². The normalized spacial score (nSPS) is 10.2. The molecule has 0 aliphatic carbocycles. The zero-order valence-corrected chi connectivity index (χ0v) is 9.77. The first-order chi connectivity index (χ1) is 8.28. The van der Waals surface area contributed by atoms with Crippen LogP contribution in [0, 0.1) is 0 Å². The zero-order chi connectivity index (χ0) is 12.1. The number of aromatic nitrogens is 1. The van der Waals surface area contributed by atoms with E-state index in [4.69, 9.17) is 4.74 Å². The van der Waals surface area contributed by atoms with Gasteiger partial charge in [0.1, 0.15) is 5.75 Å². The molecule has 1 N–H and O–H groups in total. The molecule has 0 spiro atoms. The lowest BCUT2D eigenvalue weighted by Crippen LogP contribution is -2.03. The first-order valence-corrected chi connectivity index (χ1v) is 5.58. The van der Waals surface area contributed by atoms with Gasteiger partial charge in [0, 0.05) is 12.3 Å². The molecule has 0 saturated heterocycles. The van der Waals surface area contributed by atoms with E-state index in [1.165, 1.54) is 5.56 Å². The van der Waals surface area contributed by atoms with Crippen molar-refractivity contribution in [3.63, 3.8) is 0 Å². The summed E-state index contributed by atoms with van der Waals surface area (Å²) in [6, 6.07) is 11.4. The van der Waals surface area contributed by atoms with Crippen LogP contribution in [0.25, 0.3) is 0 Å². The summed E-state index contributed by atoms with van der Waals surface area (Å²) in [5.41, 5.74) is 2.30. The van der Waals surface area contributed by atoms with E-state index in [-0.39, 0.29) is 5.56 Å². The molecule has 0 atom stereocenters.